The Kier molecular flexibility index (Phi) is 6.45. The Morgan fingerprint density at radius 1 is 0.889 bits per heavy atom. The number of nitrogens with zero attached hydrogens (tertiary/aromatic N) is 1. The lowest BCUT2D eigenvalue weighted by Gasteiger charge is -2.42. The van der Waals surface area contributed by atoms with Crippen molar-refractivity contribution in [3.63, 3.8) is 0 Å². The minimum absolute atomic E-state index is 0.174. The van der Waals surface area contributed by atoms with E-state index >= 15 is 0 Å². The minimum Gasteiger partial charge on any atom is -0.497 e. The van der Waals surface area contributed by atoms with E-state index in [9.17, 15) is 9.59 Å². The summed E-state index contributed by atoms with van der Waals surface area (Å²) >= 11 is 0. The second-order valence-corrected chi connectivity index (χ2v) is 8.45. The van der Waals surface area contributed by atoms with E-state index in [0.717, 1.165) is 5.56 Å². The van der Waals surface area contributed by atoms with Crippen LogP contribution in [0.2, 0.25) is 0 Å². The quantitative estimate of drug-likeness (QED) is 0.397. The summed E-state index contributed by atoms with van der Waals surface area (Å²) in [5.41, 5.74) is 2.66. The molecule has 2 unspecified atom stereocenters. The van der Waals surface area contributed by atoms with Crippen LogP contribution in [-0.4, -0.2) is 26.0 Å². The smallest absolute Gasteiger partial charge is 0.259 e. The maximum Gasteiger partial charge on any atom is 0.259 e. The second-order valence-electron chi connectivity index (χ2n) is 8.45. The Morgan fingerprint density at radius 2 is 1.56 bits per heavy atom. The Balaban J connectivity index is 1.64. The van der Waals surface area contributed by atoms with Gasteiger partial charge < -0.3 is 19.2 Å². The summed E-state index contributed by atoms with van der Waals surface area (Å²) < 4.78 is 16.1. The van der Waals surface area contributed by atoms with Crippen molar-refractivity contribution in [1.82, 2.24) is 5.32 Å². The van der Waals surface area contributed by atoms with Gasteiger partial charge in [-0.25, -0.2) is 0 Å². The summed E-state index contributed by atoms with van der Waals surface area (Å²) in [7, 11) is 3.20. The summed E-state index contributed by atoms with van der Waals surface area (Å²) in [4.78, 5) is 29.4. The van der Waals surface area contributed by atoms with Gasteiger partial charge >= 0.3 is 0 Å². The lowest BCUT2D eigenvalue weighted by atomic mass is 9.78. The average Bonchev–Trinajstić information content (AvgIpc) is 3.46. The van der Waals surface area contributed by atoms with Gasteiger partial charge in [-0.2, -0.15) is 0 Å². The van der Waals surface area contributed by atoms with Crippen molar-refractivity contribution in [2.24, 2.45) is 0 Å². The minimum atomic E-state index is -0.663. The highest BCUT2D eigenvalue weighted by Gasteiger charge is 2.44. The van der Waals surface area contributed by atoms with Crippen LogP contribution in [0.4, 0.5) is 5.69 Å². The van der Waals surface area contributed by atoms with Crippen molar-refractivity contribution < 1.29 is 23.5 Å². The van der Waals surface area contributed by atoms with E-state index < -0.39 is 12.0 Å². The standard InChI is InChI=1S/C29H26N2O5/c1-34-21-13-9-19(10-14-21)27-26(28(32)30-18-23-6-5-17-36-23)24-7-3-4-8-25(24)29(33)31(27)20-11-15-22(35-2)16-12-20/h3-17,26-27H,18H2,1-2H3,(H,30,32). The molecule has 3 aromatic carbocycles. The van der Waals surface area contributed by atoms with Crippen LogP contribution in [0.5, 0.6) is 11.5 Å². The third-order valence-corrected chi connectivity index (χ3v) is 6.45. The highest BCUT2D eigenvalue weighted by atomic mass is 16.5. The number of carbonyl (C=O) groups is 2. The molecule has 1 N–H and O–H groups in total. The molecule has 1 aromatic heterocycles. The predicted molar refractivity (Wildman–Crippen MR) is 135 cm³/mol. The molecule has 1 aliphatic heterocycles. The van der Waals surface area contributed by atoms with E-state index in [0.29, 0.717) is 34.1 Å². The Labute approximate surface area is 209 Å². The first kappa shape index (κ1) is 23.2. The van der Waals surface area contributed by atoms with Crippen molar-refractivity contribution in [2.75, 3.05) is 19.1 Å². The fourth-order valence-corrected chi connectivity index (χ4v) is 4.68. The van der Waals surface area contributed by atoms with Gasteiger partial charge in [0.1, 0.15) is 17.3 Å². The zero-order valence-corrected chi connectivity index (χ0v) is 20.0. The number of anilines is 1. The van der Waals surface area contributed by atoms with E-state index in [-0.39, 0.29) is 18.4 Å². The lowest BCUT2D eigenvalue weighted by molar-refractivity contribution is -0.123. The van der Waals surface area contributed by atoms with Crippen molar-refractivity contribution in [3.8, 4) is 11.5 Å². The molecule has 2 amide bonds. The summed E-state index contributed by atoms with van der Waals surface area (Å²) in [6.07, 6.45) is 1.57. The topological polar surface area (TPSA) is 81.0 Å². The Hall–Kier alpha value is -4.52. The molecule has 0 bridgehead atoms. The molecule has 0 fully saturated rings. The lowest BCUT2D eigenvalue weighted by Crippen LogP contribution is -2.47. The maximum atomic E-state index is 13.9. The SMILES string of the molecule is COc1ccc(C2C(C(=O)NCc3ccco3)c3ccccc3C(=O)N2c2ccc(OC)cc2)cc1. The van der Waals surface area contributed by atoms with Gasteiger partial charge in [-0.1, -0.05) is 30.3 Å². The largest absolute Gasteiger partial charge is 0.497 e. The van der Waals surface area contributed by atoms with E-state index in [1.54, 1.807) is 49.6 Å². The van der Waals surface area contributed by atoms with Crippen LogP contribution in [0.1, 0.15) is 39.2 Å². The van der Waals surface area contributed by atoms with Crippen LogP contribution >= 0.6 is 0 Å². The van der Waals surface area contributed by atoms with Gasteiger partial charge in [0.25, 0.3) is 5.91 Å². The molecule has 5 rings (SSSR count). The van der Waals surface area contributed by atoms with Gasteiger partial charge in [0.15, 0.2) is 0 Å². The third kappa shape index (κ3) is 4.31. The van der Waals surface area contributed by atoms with Gasteiger partial charge in [0.05, 0.1) is 39.0 Å². The van der Waals surface area contributed by atoms with E-state index in [2.05, 4.69) is 5.32 Å². The molecule has 182 valence electrons. The van der Waals surface area contributed by atoms with Crippen molar-refractivity contribution >= 4 is 17.5 Å². The summed E-state index contributed by atoms with van der Waals surface area (Å²) in [5, 5.41) is 3.01. The first-order valence-electron chi connectivity index (χ1n) is 11.6. The fraction of sp³-hybridized carbons (Fsp3) is 0.172. The fourth-order valence-electron chi connectivity index (χ4n) is 4.68. The molecule has 1 aliphatic rings. The summed E-state index contributed by atoms with van der Waals surface area (Å²) in [6, 6.07) is 25.0. The molecule has 0 spiro atoms. The normalized spacial score (nSPS) is 16.8. The molecular formula is C29H26N2O5. The van der Waals surface area contributed by atoms with Crippen molar-refractivity contribution in [3.05, 3.63) is 114 Å². The number of hydrogen-bond donors (Lipinski definition) is 1. The number of fused-ring (bicyclic) bond motifs is 1. The Morgan fingerprint density at radius 3 is 2.19 bits per heavy atom. The monoisotopic (exact) mass is 482 g/mol. The predicted octanol–water partition coefficient (Wildman–Crippen LogP) is 5.10. The number of methoxy groups -OCH3 is 2. The number of carbonyl (C=O) groups excluding carboxylic acids is 2. The zero-order valence-electron chi connectivity index (χ0n) is 20.0. The number of amides is 2. The third-order valence-electron chi connectivity index (χ3n) is 6.45. The van der Waals surface area contributed by atoms with Gasteiger partial charge in [-0.05, 0) is 65.7 Å². The number of rotatable bonds is 7. The van der Waals surface area contributed by atoms with Crippen molar-refractivity contribution in [2.45, 2.75) is 18.5 Å². The van der Waals surface area contributed by atoms with Crippen LogP contribution in [-0.2, 0) is 11.3 Å². The molecule has 0 saturated carbocycles. The maximum absolute atomic E-state index is 13.9. The van der Waals surface area contributed by atoms with Gasteiger partial charge in [-0.15, -0.1) is 0 Å². The van der Waals surface area contributed by atoms with Gasteiger partial charge in [-0.3, -0.25) is 14.5 Å². The first-order valence-corrected chi connectivity index (χ1v) is 11.6. The number of ether oxygens (including phenoxy) is 2. The molecule has 2 atom stereocenters. The van der Waals surface area contributed by atoms with E-state index in [4.69, 9.17) is 13.9 Å². The van der Waals surface area contributed by atoms with Crippen molar-refractivity contribution in [1.29, 1.82) is 0 Å². The summed E-state index contributed by atoms with van der Waals surface area (Å²) in [5.74, 6) is 0.978. The number of nitrogens with one attached hydrogen (secondary N) is 1. The molecule has 0 aliphatic carbocycles. The number of benzene rings is 3. The van der Waals surface area contributed by atoms with E-state index in [1.165, 1.54) is 0 Å². The van der Waals surface area contributed by atoms with Crippen LogP contribution in [0.3, 0.4) is 0 Å². The Bertz CT molecular complexity index is 1350. The molecule has 36 heavy (non-hydrogen) atoms. The molecule has 7 nitrogen and oxygen atoms in total. The molecule has 2 heterocycles. The van der Waals surface area contributed by atoms with Crippen LogP contribution in [0.25, 0.3) is 0 Å². The van der Waals surface area contributed by atoms with Crippen LogP contribution in [0.15, 0.2) is 95.6 Å². The number of furan rings is 1. The second kappa shape index (κ2) is 10.00. The molecule has 7 heteroatoms. The van der Waals surface area contributed by atoms with Crippen LogP contribution < -0.4 is 19.7 Å². The molecule has 0 radical (unpaired) electrons. The van der Waals surface area contributed by atoms with Gasteiger partial charge in [0.2, 0.25) is 5.91 Å². The summed E-state index contributed by atoms with van der Waals surface area (Å²) in [6.45, 7) is 0.246. The average molecular weight is 483 g/mol. The first-order chi connectivity index (χ1) is 17.6. The van der Waals surface area contributed by atoms with Crippen LogP contribution in [0, 0.1) is 0 Å². The van der Waals surface area contributed by atoms with E-state index in [1.807, 2.05) is 60.7 Å². The highest BCUT2D eigenvalue weighted by Crippen LogP contribution is 2.45. The molecule has 0 saturated heterocycles. The number of hydrogen-bond acceptors (Lipinski definition) is 5. The zero-order chi connectivity index (χ0) is 25.1. The molecular weight excluding hydrogens is 456 g/mol. The molecule has 4 aromatic rings. The highest BCUT2D eigenvalue weighted by molar-refractivity contribution is 6.11. The van der Waals surface area contributed by atoms with Gasteiger partial charge in [0, 0.05) is 11.3 Å².